The lowest BCUT2D eigenvalue weighted by Crippen LogP contribution is -2.48. The summed E-state index contributed by atoms with van der Waals surface area (Å²) in [5.74, 6) is -0.726. The van der Waals surface area contributed by atoms with Crippen molar-refractivity contribution in [3.63, 3.8) is 0 Å². The molecule has 31 heavy (non-hydrogen) atoms. The number of halogens is 1. The summed E-state index contributed by atoms with van der Waals surface area (Å²) >= 11 is 6.02. The molecule has 5 N–H and O–H groups in total. The van der Waals surface area contributed by atoms with Gasteiger partial charge in [-0.1, -0.05) is 29.8 Å². The number of nitrogen functional groups attached to an aromatic ring is 1. The summed E-state index contributed by atoms with van der Waals surface area (Å²) in [7, 11) is 0. The molecule has 0 radical (unpaired) electrons. The molecule has 164 valence electrons. The molecule has 1 aliphatic heterocycles. The number of carbonyl (C=O) groups is 2. The molecule has 1 heterocycles. The van der Waals surface area contributed by atoms with Crippen molar-refractivity contribution >= 4 is 34.9 Å². The Balaban J connectivity index is 1.75. The first-order valence-corrected chi connectivity index (χ1v) is 10.4. The van der Waals surface area contributed by atoms with Gasteiger partial charge in [0.2, 0.25) is 6.23 Å². The van der Waals surface area contributed by atoms with E-state index < -0.39 is 12.1 Å². The molecule has 1 aliphatic rings. The first-order chi connectivity index (χ1) is 14.8. The molecule has 0 bridgehead atoms. The quantitative estimate of drug-likeness (QED) is 0.351. The molecule has 0 saturated heterocycles. The molecule has 2 aromatic carbocycles. The van der Waals surface area contributed by atoms with Gasteiger partial charge in [0.15, 0.2) is 0 Å². The van der Waals surface area contributed by atoms with Gasteiger partial charge in [-0.15, -0.1) is 0 Å². The summed E-state index contributed by atoms with van der Waals surface area (Å²) < 4.78 is 5.64. The van der Waals surface area contributed by atoms with Crippen molar-refractivity contribution in [2.45, 2.75) is 33.2 Å². The van der Waals surface area contributed by atoms with Gasteiger partial charge in [-0.05, 0) is 43.2 Å². The maximum absolute atomic E-state index is 13.0. The van der Waals surface area contributed by atoms with E-state index in [0.717, 1.165) is 16.8 Å². The summed E-state index contributed by atoms with van der Waals surface area (Å²) in [6.07, 6.45) is -1.05. The normalized spacial score (nSPS) is 13.6. The molecule has 2 aromatic rings. The number of nitrogens with one attached hydrogen (secondary N) is 3. The molecule has 0 aromatic heterocycles. The van der Waals surface area contributed by atoms with Gasteiger partial charge in [0.25, 0.3) is 11.8 Å². The second-order valence-electron chi connectivity index (χ2n) is 7.08. The zero-order valence-electron chi connectivity index (χ0n) is 17.5. The van der Waals surface area contributed by atoms with E-state index in [1.807, 2.05) is 13.0 Å². The van der Waals surface area contributed by atoms with E-state index >= 15 is 0 Å². The Kier molecular flexibility index (Phi) is 7.14. The standard InChI is InChI=1S/C22H26ClN5O3/c1-3-26-18-9-13(19(24)25)5-6-14(18)11-27-20(29)22(31-4-2)28-12-15-7-8-16(23)10-17(15)21(28)30/h5-10,22,26H,3-4,11-12H2,1-2H3,(H3,24,25)(H,27,29)/t22-/m0/s1. The second kappa shape index (κ2) is 9.80. The third-order valence-corrected chi connectivity index (χ3v) is 5.21. The third-order valence-electron chi connectivity index (χ3n) is 4.98. The minimum atomic E-state index is -1.05. The van der Waals surface area contributed by atoms with Crippen molar-refractivity contribution in [1.82, 2.24) is 10.2 Å². The van der Waals surface area contributed by atoms with Crippen molar-refractivity contribution in [1.29, 1.82) is 5.41 Å². The molecule has 0 fully saturated rings. The summed E-state index contributed by atoms with van der Waals surface area (Å²) in [6, 6.07) is 10.4. The number of rotatable bonds is 9. The van der Waals surface area contributed by atoms with Crippen LogP contribution in [-0.2, 0) is 22.6 Å². The van der Waals surface area contributed by atoms with Crippen LogP contribution in [0.5, 0.6) is 0 Å². The van der Waals surface area contributed by atoms with Crippen LogP contribution in [0.2, 0.25) is 5.02 Å². The lowest BCUT2D eigenvalue weighted by Gasteiger charge is -2.26. The van der Waals surface area contributed by atoms with Gasteiger partial charge in [0.1, 0.15) is 5.84 Å². The van der Waals surface area contributed by atoms with Crippen LogP contribution >= 0.6 is 11.6 Å². The van der Waals surface area contributed by atoms with Crippen LogP contribution in [0, 0.1) is 5.41 Å². The monoisotopic (exact) mass is 443 g/mol. The van der Waals surface area contributed by atoms with E-state index in [0.29, 0.717) is 22.7 Å². The van der Waals surface area contributed by atoms with Gasteiger partial charge in [0.05, 0.1) is 0 Å². The fourth-order valence-corrected chi connectivity index (χ4v) is 3.65. The van der Waals surface area contributed by atoms with E-state index in [9.17, 15) is 9.59 Å². The molecule has 0 aliphatic carbocycles. The fraction of sp³-hybridized carbons (Fsp3) is 0.318. The van der Waals surface area contributed by atoms with Crippen LogP contribution in [0.1, 0.15) is 40.9 Å². The highest BCUT2D eigenvalue weighted by atomic mass is 35.5. The Bertz CT molecular complexity index is 1010. The molecule has 9 heteroatoms. The Hall–Kier alpha value is -3.10. The zero-order valence-corrected chi connectivity index (χ0v) is 18.3. The molecule has 2 amide bonds. The molecule has 0 spiro atoms. The van der Waals surface area contributed by atoms with E-state index in [4.69, 9.17) is 27.5 Å². The lowest BCUT2D eigenvalue weighted by molar-refractivity contribution is -0.143. The van der Waals surface area contributed by atoms with Gasteiger partial charge in [-0.3, -0.25) is 15.0 Å². The first-order valence-electron chi connectivity index (χ1n) is 10.1. The van der Waals surface area contributed by atoms with Crippen LogP contribution < -0.4 is 16.4 Å². The number of fused-ring (bicyclic) bond motifs is 1. The highest BCUT2D eigenvalue weighted by Gasteiger charge is 2.37. The number of amides is 2. The number of carbonyl (C=O) groups excluding carboxylic acids is 2. The molecular weight excluding hydrogens is 418 g/mol. The van der Waals surface area contributed by atoms with Crippen molar-refractivity contribution in [2.24, 2.45) is 5.73 Å². The van der Waals surface area contributed by atoms with E-state index in [1.54, 1.807) is 37.3 Å². The molecule has 1 atom stereocenters. The molecule has 8 nitrogen and oxygen atoms in total. The topological polar surface area (TPSA) is 121 Å². The number of anilines is 1. The number of ether oxygens (including phenoxy) is 1. The summed E-state index contributed by atoms with van der Waals surface area (Å²) in [6.45, 7) is 5.18. The van der Waals surface area contributed by atoms with E-state index in [1.165, 1.54) is 4.90 Å². The minimum absolute atomic E-state index is 0.0293. The average molecular weight is 444 g/mol. The van der Waals surface area contributed by atoms with Crippen molar-refractivity contribution in [2.75, 3.05) is 18.5 Å². The van der Waals surface area contributed by atoms with Crippen molar-refractivity contribution in [3.05, 3.63) is 63.7 Å². The van der Waals surface area contributed by atoms with Gasteiger partial charge in [0, 0.05) is 48.1 Å². The Morgan fingerprint density at radius 3 is 2.74 bits per heavy atom. The molecule has 0 unspecified atom stereocenters. The van der Waals surface area contributed by atoms with Gasteiger partial charge < -0.3 is 26.0 Å². The number of amidine groups is 1. The van der Waals surface area contributed by atoms with Crippen LogP contribution in [0.25, 0.3) is 0 Å². The van der Waals surface area contributed by atoms with Gasteiger partial charge >= 0.3 is 0 Å². The van der Waals surface area contributed by atoms with Crippen LogP contribution in [0.3, 0.4) is 0 Å². The van der Waals surface area contributed by atoms with Crippen molar-refractivity contribution < 1.29 is 14.3 Å². The number of nitrogens with zero attached hydrogens (tertiary/aromatic N) is 1. The van der Waals surface area contributed by atoms with Crippen LogP contribution in [0.4, 0.5) is 5.69 Å². The predicted octanol–water partition coefficient (Wildman–Crippen LogP) is 2.69. The van der Waals surface area contributed by atoms with Crippen LogP contribution in [0.15, 0.2) is 36.4 Å². The van der Waals surface area contributed by atoms with Crippen molar-refractivity contribution in [3.8, 4) is 0 Å². The molecular formula is C22H26ClN5O3. The number of benzene rings is 2. The highest BCUT2D eigenvalue weighted by Crippen LogP contribution is 2.28. The smallest absolute Gasteiger partial charge is 0.270 e. The lowest BCUT2D eigenvalue weighted by atomic mass is 10.1. The SMILES string of the molecule is CCNc1cc(C(=N)N)ccc1CNC(=O)[C@H](OCC)N1Cc2ccc(Cl)cc2C1=O. The number of nitrogens with two attached hydrogens (primary N) is 1. The number of hydrogen-bond acceptors (Lipinski definition) is 5. The summed E-state index contributed by atoms with van der Waals surface area (Å²) in [4.78, 5) is 27.2. The average Bonchev–Trinajstić information content (AvgIpc) is 3.06. The minimum Gasteiger partial charge on any atom is -0.385 e. The van der Waals surface area contributed by atoms with Gasteiger partial charge in [-0.25, -0.2) is 0 Å². The molecule has 3 rings (SSSR count). The summed E-state index contributed by atoms with van der Waals surface area (Å²) in [5.41, 5.74) is 9.07. The Morgan fingerprint density at radius 2 is 2.06 bits per heavy atom. The maximum atomic E-state index is 13.0. The highest BCUT2D eigenvalue weighted by molar-refractivity contribution is 6.31. The van der Waals surface area contributed by atoms with E-state index in [2.05, 4.69) is 10.6 Å². The summed E-state index contributed by atoms with van der Waals surface area (Å²) in [5, 5.41) is 14.2. The predicted molar refractivity (Wildman–Crippen MR) is 120 cm³/mol. The van der Waals surface area contributed by atoms with Crippen LogP contribution in [-0.4, -0.2) is 41.9 Å². The first kappa shape index (κ1) is 22.6. The maximum Gasteiger partial charge on any atom is 0.270 e. The number of hydrogen-bond donors (Lipinski definition) is 4. The Labute approximate surface area is 186 Å². The third kappa shape index (κ3) is 4.98. The second-order valence-corrected chi connectivity index (χ2v) is 7.51. The molecule has 0 saturated carbocycles. The Morgan fingerprint density at radius 1 is 1.29 bits per heavy atom. The zero-order chi connectivity index (χ0) is 22.5. The largest absolute Gasteiger partial charge is 0.385 e. The fourth-order valence-electron chi connectivity index (χ4n) is 3.47. The van der Waals surface area contributed by atoms with E-state index in [-0.39, 0.29) is 31.4 Å². The van der Waals surface area contributed by atoms with Gasteiger partial charge in [-0.2, -0.15) is 0 Å².